The summed E-state index contributed by atoms with van der Waals surface area (Å²) in [4.78, 5) is 25.0. The lowest BCUT2D eigenvalue weighted by Gasteiger charge is -2.15. The second kappa shape index (κ2) is 9.30. The molecule has 0 bridgehead atoms. The molecule has 0 spiro atoms. The van der Waals surface area contributed by atoms with E-state index in [-0.39, 0.29) is 18.4 Å². The smallest absolute Gasteiger partial charge is 0.253 e. The van der Waals surface area contributed by atoms with Crippen molar-refractivity contribution >= 4 is 23.3 Å². The molecular formula is C22H25N5O3. The molecule has 3 N–H and O–H groups in total. The zero-order chi connectivity index (χ0) is 20.8. The van der Waals surface area contributed by atoms with E-state index in [0.29, 0.717) is 35.4 Å². The van der Waals surface area contributed by atoms with Crippen LogP contribution in [0.4, 0.5) is 11.5 Å². The van der Waals surface area contributed by atoms with Gasteiger partial charge in [-0.05, 0) is 37.1 Å². The largest absolute Gasteiger partial charge is 0.467 e. The Morgan fingerprint density at radius 1 is 1.10 bits per heavy atom. The van der Waals surface area contributed by atoms with Crippen LogP contribution in [-0.4, -0.2) is 28.1 Å². The van der Waals surface area contributed by atoms with E-state index in [2.05, 4.69) is 21.0 Å². The fraction of sp³-hybridized carbons (Fsp3) is 0.318. The van der Waals surface area contributed by atoms with Crippen LogP contribution in [0.15, 0.2) is 59.3 Å². The summed E-state index contributed by atoms with van der Waals surface area (Å²) in [6.07, 6.45) is 7.83. The Morgan fingerprint density at radius 3 is 2.73 bits per heavy atom. The highest BCUT2D eigenvalue weighted by molar-refractivity contribution is 6.00. The summed E-state index contributed by atoms with van der Waals surface area (Å²) >= 11 is 0. The highest BCUT2D eigenvalue weighted by Gasteiger charge is 2.20. The molecule has 2 amide bonds. The maximum atomic E-state index is 12.5. The number of hydrogen-bond acceptors (Lipinski definition) is 5. The predicted molar refractivity (Wildman–Crippen MR) is 113 cm³/mol. The van der Waals surface area contributed by atoms with Crippen molar-refractivity contribution in [3.63, 3.8) is 0 Å². The normalized spacial score (nSPS) is 13.9. The first kappa shape index (κ1) is 19.8. The lowest BCUT2D eigenvalue weighted by Crippen LogP contribution is -2.27. The van der Waals surface area contributed by atoms with Gasteiger partial charge in [0.2, 0.25) is 5.91 Å². The lowest BCUT2D eigenvalue weighted by molar-refractivity contribution is -0.114. The van der Waals surface area contributed by atoms with E-state index in [0.717, 1.165) is 12.8 Å². The van der Waals surface area contributed by atoms with Crippen molar-refractivity contribution in [1.29, 1.82) is 0 Å². The van der Waals surface area contributed by atoms with Gasteiger partial charge in [-0.15, -0.1) is 0 Å². The van der Waals surface area contributed by atoms with Gasteiger partial charge in [-0.1, -0.05) is 25.0 Å². The molecule has 8 nitrogen and oxygen atoms in total. The average molecular weight is 407 g/mol. The van der Waals surface area contributed by atoms with Crippen LogP contribution in [0.2, 0.25) is 0 Å². The van der Waals surface area contributed by atoms with Crippen molar-refractivity contribution in [2.45, 2.75) is 38.3 Å². The third-order valence-corrected chi connectivity index (χ3v) is 5.22. The molecule has 1 saturated carbocycles. The van der Waals surface area contributed by atoms with E-state index in [4.69, 9.17) is 4.42 Å². The van der Waals surface area contributed by atoms with Gasteiger partial charge in [0, 0.05) is 11.8 Å². The van der Waals surface area contributed by atoms with Gasteiger partial charge in [0.15, 0.2) is 0 Å². The Morgan fingerprint density at radius 2 is 1.93 bits per heavy atom. The van der Waals surface area contributed by atoms with Gasteiger partial charge in [-0.25, -0.2) is 4.68 Å². The third kappa shape index (κ3) is 4.71. The number of rotatable bonds is 8. The number of benzene rings is 1. The quantitative estimate of drug-likeness (QED) is 0.530. The minimum atomic E-state index is -0.241. The summed E-state index contributed by atoms with van der Waals surface area (Å²) < 4.78 is 7.14. The maximum absolute atomic E-state index is 12.5. The van der Waals surface area contributed by atoms with Crippen molar-refractivity contribution in [1.82, 2.24) is 15.1 Å². The summed E-state index contributed by atoms with van der Waals surface area (Å²) in [5.74, 6) is 0.944. The number of anilines is 2. The van der Waals surface area contributed by atoms with Crippen LogP contribution in [0.25, 0.3) is 0 Å². The van der Waals surface area contributed by atoms with E-state index in [1.165, 1.54) is 12.8 Å². The molecular weight excluding hydrogens is 382 g/mol. The number of carbonyl (C=O) groups is 2. The molecule has 1 fully saturated rings. The number of furan rings is 1. The zero-order valence-electron chi connectivity index (χ0n) is 16.6. The second-order valence-corrected chi connectivity index (χ2v) is 7.31. The van der Waals surface area contributed by atoms with Crippen LogP contribution in [0.1, 0.15) is 47.8 Å². The fourth-order valence-corrected chi connectivity index (χ4v) is 3.73. The molecule has 0 radical (unpaired) electrons. The molecule has 1 aliphatic rings. The Hall–Kier alpha value is -3.55. The standard InChI is InChI=1S/C22H25N5O3/c28-21(26-20-11-12-25-27(20)16-6-1-2-7-16)15-23-19-10-4-3-9-18(19)22(29)24-14-17-8-5-13-30-17/h3-5,8-13,16,23H,1-2,6-7,14-15H2,(H,24,29)(H,26,28). The number of nitrogens with zero attached hydrogens (tertiary/aromatic N) is 2. The van der Waals surface area contributed by atoms with Gasteiger partial charge in [0.25, 0.3) is 5.91 Å². The van der Waals surface area contributed by atoms with Crippen LogP contribution in [-0.2, 0) is 11.3 Å². The molecule has 30 heavy (non-hydrogen) atoms. The maximum Gasteiger partial charge on any atom is 0.253 e. The van der Waals surface area contributed by atoms with Crippen molar-refractivity contribution in [2.75, 3.05) is 17.2 Å². The molecule has 8 heteroatoms. The number of carbonyl (C=O) groups excluding carboxylic acids is 2. The van der Waals surface area contributed by atoms with Gasteiger partial charge in [0.05, 0.1) is 37.2 Å². The minimum absolute atomic E-state index is 0.0400. The summed E-state index contributed by atoms with van der Waals surface area (Å²) in [5.41, 5.74) is 1.06. The van der Waals surface area contributed by atoms with E-state index >= 15 is 0 Å². The first-order valence-corrected chi connectivity index (χ1v) is 10.2. The number of amides is 2. The van der Waals surface area contributed by atoms with Gasteiger partial charge in [0.1, 0.15) is 11.6 Å². The van der Waals surface area contributed by atoms with Crippen LogP contribution < -0.4 is 16.0 Å². The molecule has 4 rings (SSSR count). The highest BCUT2D eigenvalue weighted by atomic mass is 16.3. The minimum Gasteiger partial charge on any atom is -0.467 e. The zero-order valence-corrected chi connectivity index (χ0v) is 16.6. The highest BCUT2D eigenvalue weighted by Crippen LogP contribution is 2.31. The van der Waals surface area contributed by atoms with Crippen molar-refractivity contribution in [3.8, 4) is 0 Å². The van der Waals surface area contributed by atoms with Crippen LogP contribution in [0, 0.1) is 0 Å². The van der Waals surface area contributed by atoms with E-state index in [1.54, 1.807) is 42.8 Å². The molecule has 1 aliphatic carbocycles. The third-order valence-electron chi connectivity index (χ3n) is 5.22. The summed E-state index contributed by atoms with van der Waals surface area (Å²) in [6, 6.07) is 12.8. The molecule has 2 heterocycles. The first-order valence-electron chi connectivity index (χ1n) is 10.2. The van der Waals surface area contributed by atoms with E-state index in [1.807, 2.05) is 16.8 Å². The molecule has 0 aliphatic heterocycles. The Kier molecular flexibility index (Phi) is 6.12. The van der Waals surface area contributed by atoms with E-state index < -0.39 is 0 Å². The SMILES string of the molecule is O=C(CNc1ccccc1C(=O)NCc1ccco1)Nc1ccnn1C1CCCC1. The van der Waals surface area contributed by atoms with E-state index in [9.17, 15) is 9.59 Å². The molecule has 3 aromatic rings. The van der Waals surface area contributed by atoms with Gasteiger partial charge in [-0.3, -0.25) is 9.59 Å². The summed E-state index contributed by atoms with van der Waals surface area (Å²) in [6.45, 7) is 0.337. The average Bonchev–Trinajstić information content (AvgIpc) is 3.53. The monoisotopic (exact) mass is 407 g/mol. The first-order chi connectivity index (χ1) is 14.7. The lowest BCUT2D eigenvalue weighted by atomic mass is 10.1. The topological polar surface area (TPSA) is 101 Å². The Labute approximate surface area is 174 Å². The fourth-order valence-electron chi connectivity index (χ4n) is 3.73. The molecule has 0 atom stereocenters. The Bertz CT molecular complexity index is 990. The molecule has 1 aromatic carbocycles. The van der Waals surface area contributed by atoms with Gasteiger partial charge >= 0.3 is 0 Å². The van der Waals surface area contributed by atoms with Crippen molar-refractivity contribution in [2.24, 2.45) is 0 Å². The van der Waals surface area contributed by atoms with Gasteiger partial charge < -0.3 is 20.4 Å². The second-order valence-electron chi connectivity index (χ2n) is 7.31. The number of para-hydroxylation sites is 1. The summed E-state index contributed by atoms with van der Waals surface area (Å²) in [7, 11) is 0. The molecule has 0 saturated heterocycles. The Balaban J connectivity index is 1.34. The van der Waals surface area contributed by atoms with Crippen LogP contribution >= 0.6 is 0 Å². The number of hydrogen-bond donors (Lipinski definition) is 3. The van der Waals surface area contributed by atoms with Crippen molar-refractivity contribution < 1.29 is 14.0 Å². The molecule has 156 valence electrons. The van der Waals surface area contributed by atoms with Crippen LogP contribution in [0.5, 0.6) is 0 Å². The number of nitrogens with one attached hydrogen (secondary N) is 3. The van der Waals surface area contributed by atoms with Crippen LogP contribution in [0.3, 0.4) is 0 Å². The predicted octanol–water partition coefficient (Wildman–Crippen LogP) is 3.57. The number of aromatic nitrogens is 2. The summed E-state index contributed by atoms with van der Waals surface area (Å²) in [5, 5.41) is 13.2. The van der Waals surface area contributed by atoms with Crippen molar-refractivity contribution in [3.05, 3.63) is 66.2 Å². The van der Waals surface area contributed by atoms with Gasteiger partial charge in [-0.2, -0.15) is 5.10 Å². The molecule has 0 unspecified atom stereocenters. The molecule has 2 aromatic heterocycles.